The van der Waals surface area contributed by atoms with Gasteiger partial charge in [0.25, 0.3) is 5.91 Å². The van der Waals surface area contributed by atoms with Gasteiger partial charge in [0.2, 0.25) is 0 Å². The van der Waals surface area contributed by atoms with E-state index in [1.165, 1.54) is 17.0 Å². The lowest BCUT2D eigenvalue weighted by molar-refractivity contribution is -0.137. The van der Waals surface area contributed by atoms with E-state index in [2.05, 4.69) is 0 Å². The summed E-state index contributed by atoms with van der Waals surface area (Å²) in [7, 11) is 1.61. The number of aryl methyl sites for hydroxylation is 2. The lowest BCUT2D eigenvalue weighted by atomic mass is 10.1. The van der Waals surface area contributed by atoms with Gasteiger partial charge in [0.15, 0.2) is 0 Å². The van der Waals surface area contributed by atoms with Gasteiger partial charge in [-0.1, -0.05) is 0 Å². The van der Waals surface area contributed by atoms with Crippen LogP contribution in [0.1, 0.15) is 34.3 Å². The monoisotopic (exact) mass is 267 g/mol. The summed E-state index contributed by atoms with van der Waals surface area (Å²) in [5.74, 6) is -1.41. The van der Waals surface area contributed by atoms with E-state index in [1.807, 2.05) is 0 Å². The molecule has 0 spiro atoms. The molecule has 0 bridgehead atoms. The zero-order chi connectivity index (χ0) is 14.6. The molecule has 1 aromatic rings. The maximum atomic E-state index is 13.5. The van der Waals surface area contributed by atoms with Gasteiger partial charge < -0.3 is 10.0 Å². The number of hydrogen-bond acceptors (Lipinski definition) is 2. The summed E-state index contributed by atoms with van der Waals surface area (Å²) in [5, 5.41) is 8.54. The Bertz CT molecular complexity index is 476. The fourth-order valence-corrected chi connectivity index (χ4v) is 1.86. The van der Waals surface area contributed by atoms with Gasteiger partial charge in [-0.3, -0.25) is 9.59 Å². The number of amides is 1. The first-order chi connectivity index (χ1) is 8.82. The molecule has 0 radical (unpaired) electrons. The average Bonchev–Trinajstić information content (AvgIpc) is 2.33. The van der Waals surface area contributed by atoms with E-state index in [9.17, 15) is 14.0 Å². The van der Waals surface area contributed by atoms with Crippen LogP contribution < -0.4 is 0 Å². The standard InChI is InChI=1S/C14H18FNO3/c1-9-7-11(8-10(2)13(9)15)14(19)16(3)6-4-5-12(17)18/h7-8H,4-6H2,1-3H3,(H,17,18). The molecule has 1 N–H and O–H groups in total. The van der Waals surface area contributed by atoms with Crippen LogP contribution in [0.15, 0.2) is 12.1 Å². The van der Waals surface area contributed by atoms with Crippen LogP contribution in [-0.2, 0) is 4.79 Å². The van der Waals surface area contributed by atoms with E-state index in [-0.39, 0.29) is 18.1 Å². The van der Waals surface area contributed by atoms with Crippen LogP contribution in [0.25, 0.3) is 0 Å². The van der Waals surface area contributed by atoms with E-state index < -0.39 is 5.97 Å². The van der Waals surface area contributed by atoms with Crippen molar-refractivity contribution < 1.29 is 19.1 Å². The van der Waals surface area contributed by atoms with Gasteiger partial charge >= 0.3 is 5.97 Å². The van der Waals surface area contributed by atoms with Crippen molar-refractivity contribution in [1.29, 1.82) is 0 Å². The van der Waals surface area contributed by atoms with E-state index >= 15 is 0 Å². The van der Waals surface area contributed by atoms with Crippen molar-refractivity contribution in [3.63, 3.8) is 0 Å². The topological polar surface area (TPSA) is 57.6 Å². The number of rotatable bonds is 5. The number of carboxylic acid groups (broad SMARTS) is 1. The molecule has 0 atom stereocenters. The molecule has 0 saturated heterocycles. The molecule has 1 aromatic carbocycles. The number of nitrogens with zero attached hydrogens (tertiary/aromatic N) is 1. The summed E-state index contributed by atoms with van der Waals surface area (Å²) in [6.07, 6.45) is 0.426. The number of halogens is 1. The minimum atomic E-state index is -0.880. The Hall–Kier alpha value is -1.91. The molecule has 0 aliphatic rings. The van der Waals surface area contributed by atoms with Gasteiger partial charge in [0.05, 0.1) is 0 Å². The van der Waals surface area contributed by atoms with Crippen molar-refractivity contribution in [1.82, 2.24) is 4.90 Å². The highest BCUT2D eigenvalue weighted by Crippen LogP contribution is 2.16. The Morgan fingerprint density at radius 1 is 1.26 bits per heavy atom. The number of carbonyl (C=O) groups is 2. The third-order valence-corrected chi connectivity index (χ3v) is 2.91. The number of carbonyl (C=O) groups excluding carboxylic acids is 1. The molecular formula is C14H18FNO3. The number of hydrogen-bond donors (Lipinski definition) is 1. The normalized spacial score (nSPS) is 10.3. The molecule has 0 aliphatic heterocycles. The zero-order valence-corrected chi connectivity index (χ0v) is 11.4. The van der Waals surface area contributed by atoms with Crippen molar-refractivity contribution >= 4 is 11.9 Å². The third kappa shape index (κ3) is 4.05. The number of carboxylic acids is 1. The molecule has 0 fully saturated rings. The molecule has 4 nitrogen and oxygen atoms in total. The van der Waals surface area contributed by atoms with Crippen molar-refractivity contribution in [3.05, 3.63) is 34.6 Å². The maximum Gasteiger partial charge on any atom is 0.303 e. The average molecular weight is 267 g/mol. The fourth-order valence-electron chi connectivity index (χ4n) is 1.86. The van der Waals surface area contributed by atoms with Crippen molar-refractivity contribution in [2.45, 2.75) is 26.7 Å². The van der Waals surface area contributed by atoms with Gasteiger partial charge in [-0.25, -0.2) is 4.39 Å². The molecular weight excluding hydrogens is 249 g/mol. The molecule has 0 unspecified atom stereocenters. The van der Waals surface area contributed by atoms with Gasteiger partial charge in [-0.15, -0.1) is 0 Å². The molecule has 104 valence electrons. The lowest BCUT2D eigenvalue weighted by Crippen LogP contribution is -2.28. The highest BCUT2D eigenvalue weighted by molar-refractivity contribution is 5.94. The molecule has 0 aromatic heterocycles. The first kappa shape index (κ1) is 15.1. The maximum absolute atomic E-state index is 13.5. The predicted molar refractivity (Wildman–Crippen MR) is 69.7 cm³/mol. The number of aliphatic carboxylic acids is 1. The smallest absolute Gasteiger partial charge is 0.303 e. The van der Waals surface area contributed by atoms with Crippen molar-refractivity contribution in [2.75, 3.05) is 13.6 Å². The second kappa shape index (κ2) is 6.31. The molecule has 0 heterocycles. The minimum Gasteiger partial charge on any atom is -0.481 e. The van der Waals surface area contributed by atoms with Gasteiger partial charge in [0, 0.05) is 25.6 Å². The highest BCUT2D eigenvalue weighted by atomic mass is 19.1. The van der Waals surface area contributed by atoms with E-state index in [0.29, 0.717) is 29.7 Å². The molecule has 0 aliphatic carbocycles. The van der Waals surface area contributed by atoms with Crippen LogP contribution >= 0.6 is 0 Å². The van der Waals surface area contributed by atoms with Crippen molar-refractivity contribution in [2.24, 2.45) is 0 Å². The summed E-state index contributed by atoms with van der Waals surface area (Å²) in [6, 6.07) is 3.02. The first-order valence-corrected chi connectivity index (χ1v) is 6.07. The van der Waals surface area contributed by atoms with Crippen LogP contribution in [-0.4, -0.2) is 35.5 Å². The summed E-state index contributed by atoms with van der Waals surface area (Å²) in [6.45, 7) is 3.59. The highest BCUT2D eigenvalue weighted by Gasteiger charge is 2.14. The quantitative estimate of drug-likeness (QED) is 0.891. The molecule has 0 saturated carbocycles. The Morgan fingerprint density at radius 3 is 2.26 bits per heavy atom. The molecule has 1 rings (SSSR count). The van der Waals surface area contributed by atoms with E-state index in [4.69, 9.17) is 5.11 Å². The van der Waals surface area contributed by atoms with Gasteiger partial charge in [-0.2, -0.15) is 0 Å². The Morgan fingerprint density at radius 2 is 1.79 bits per heavy atom. The molecule has 1 amide bonds. The van der Waals surface area contributed by atoms with Crippen LogP contribution in [0.4, 0.5) is 4.39 Å². The Kier molecular flexibility index (Phi) is 5.03. The van der Waals surface area contributed by atoms with Gasteiger partial charge in [-0.05, 0) is 43.5 Å². The molecule has 19 heavy (non-hydrogen) atoms. The van der Waals surface area contributed by atoms with E-state index in [0.717, 1.165) is 0 Å². The van der Waals surface area contributed by atoms with Gasteiger partial charge in [0.1, 0.15) is 5.82 Å². The minimum absolute atomic E-state index is 0.0269. The summed E-state index contributed by atoms with van der Waals surface area (Å²) in [5.41, 5.74) is 1.29. The van der Waals surface area contributed by atoms with Crippen molar-refractivity contribution in [3.8, 4) is 0 Å². The van der Waals surface area contributed by atoms with Crippen LogP contribution in [0.5, 0.6) is 0 Å². The summed E-state index contributed by atoms with van der Waals surface area (Å²) in [4.78, 5) is 23.9. The first-order valence-electron chi connectivity index (χ1n) is 6.07. The lowest BCUT2D eigenvalue weighted by Gasteiger charge is -2.17. The number of benzene rings is 1. The van der Waals surface area contributed by atoms with Crippen LogP contribution in [0.3, 0.4) is 0 Å². The van der Waals surface area contributed by atoms with Crippen LogP contribution in [0, 0.1) is 19.7 Å². The largest absolute Gasteiger partial charge is 0.481 e. The Balaban J connectivity index is 2.74. The SMILES string of the molecule is Cc1cc(C(=O)N(C)CCCC(=O)O)cc(C)c1F. The Labute approximate surface area is 111 Å². The second-order valence-corrected chi connectivity index (χ2v) is 4.65. The summed E-state index contributed by atoms with van der Waals surface area (Å²) < 4.78 is 13.5. The molecule has 5 heteroatoms. The van der Waals surface area contributed by atoms with E-state index in [1.54, 1.807) is 20.9 Å². The zero-order valence-electron chi connectivity index (χ0n) is 11.4. The summed E-state index contributed by atoms with van der Waals surface area (Å²) >= 11 is 0. The predicted octanol–water partition coefficient (Wildman–Crippen LogP) is 2.38. The van der Waals surface area contributed by atoms with Crippen LogP contribution in [0.2, 0.25) is 0 Å². The fraction of sp³-hybridized carbons (Fsp3) is 0.429. The second-order valence-electron chi connectivity index (χ2n) is 4.65. The third-order valence-electron chi connectivity index (χ3n) is 2.91.